The number of aromatic nitrogens is 1. The first kappa shape index (κ1) is 21.4. The summed E-state index contributed by atoms with van der Waals surface area (Å²) in [5, 5.41) is 3.02. The molecule has 1 aromatic rings. The molecule has 3 heterocycles. The van der Waals surface area contributed by atoms with Gasteiger partial charge in [-0.1, -0.05) is 0 Å². The maximum atomic E-state index is 12.7. The minimum atomic E-state index is -0.473. The van der Waals surface area contributed by atoms with Crippen LogP contribution in [0.25, 0.3) is 0 Å². The lowest BCUT2D eigenvalue weighted by Crippen LogP contribution is -2.51. The fourth-order valence-corrected chi connectivity index (χ4v) is 3.66. The summed E-state index contributed by atoms with van der Waals surface area (Å²) in [6.45, 7) is 11.7. The highest BCUT2D eigenvalue weighted by atomic mass is 16.6. The lowest BCUT2D eigenvalue weighted by molar-refractivity contribution is 0.0147. The molecule has 2 fully saturated rings. The molecule has 0 spiro atoms. The SMILES string of the molecule is CC(C)(C)OC(=O)N1CCN(CCNC(=O)c2cccnc2N2CCCC2)CC1. The van der Waals surface area contributed by atoms with Crippen molar-refractivity contribution < 1.29 is 14.3 Å². The number of hydrogen-bond acceptors (Lipinski definition) is 6. The second-order valence-electron chi connectivity index (χ2n) is 8.63. The third-order valence-corrected chi connectivity index (χ3v) is 5.17. The molecule has 0 radical (unpaired) electrons. The van der Waals surface area contributed by atoms with Crippen molar-refractivity contribution in [2.24, 2.45) is 0 Å². The van der Waals surface area contributed by atoms with E-state index in [1.807, 2.05) is 32.9 Å². The van der Waals surface area contributed by atoms with E-state index in [1.54, 1.807) is 11.1 Å². The van der Waals surface area contributed by atoms with Gasteiger partial charge in [0.25, 0.3) is 5.91 Å². The van der Waals surface area contributed by atoms with Crippen molar-refractivity contribution in [3.8, 4) is 0 Å². The molecule has 0 bridgehead atoms. The number of anilines is 1. The summed E-state index contributed by atoms with van der Waals surface area (Å²) in [7, 11) is 0. The number of carbonyl (C=O) groups excluding carboxylic acids is 2. The molecule has 0 aliphatic carbocycles. The highest BCUT2D eigenvalue weighted by Gasteiger charge is 2.26. The summed E-state index contributed by atoms with van der Waals surface area (Å²) in [5.74, 6) is 0.709. The van der Waals surface area contributed by atoms with Crippen LogP contribution < -0.4 is 10.2 Å². The van der Waals surface area contributed by atoms with Crippen LogP contribution >= 0.6 is 0 Å². The van der Waals surface area contributed by atoms with E-state index in [-0.39, 0.29) is 12.0 Å². The van der Waals surface area contributed by atoms with Gasteiger partial charge in [0.05, 0.1) is 5.56 Å². The molecule has 2 aliphatic rings. The predicted molar refractivity (Wildman–Crippen MR) is 112 cm³/mol. The van der Waals surface area contributed by atoms with Crippen LogP contribution in [-0.2, 0) is 4.74 Å². The van der Waals surface area contributed by atoms with Crippen LogP contribution in [0, 0.1) is 0 Å². The number of piperazine rings is 1. The quantitative estimate of drug-likeness (QED) is 0.810. The number of carbonyl (C=O) groups is 2. The molecule has 0 atom stereocenters. The van der Waals surface area contributed by atoms with E-state index in [9.17, 15) is 9.59 Å². The fourth-order valence-electron chi connectivity index (χ4n) is 3.66. The highest BCUT2D eigenvalue weighted by molar-refractivity contribution is 5.98. The first-order valence-corrected chi connectivity index (χ1v) is 10.5. The number of amides is 2. The first-order valence-electron chi connectivity index (χ1n) is 10.5. The minimum Gasteiger partial charge on any atom is -0.444 e. The van der Waals surface area contributed by atoms with Gasteiger partial charge in [-0.05, 0) is 45.7 Å². The zero-order valence-corrected chi connectivity index (χ0v) is 17.8. The molecular formula is C21H33N5O3. The molecule has 1 aromatic heterocycles. The molecule has 8 heteroatoms. The van der Waals surface area contributed by atoms with Gasteiger partial charge in [0.15, 0.2) is 0 Å². The van der Waals surface area contributed by atoms with Gasteiger partial charge < -0.3 is 19.9 Å². The van der Waals surface area contributed by atoms with Crippen LogP contribution in [-0.4, -0.2) is 84.7 Å². The number of nitrogens with one attached hydrogen (secondary N) is 1. The minimum absolute atomic E-state index is 0.0765. The Balaban J connectivity index is 1.42. The van der Waals surface area contributed by atoms with Crippen molar-refractivity contribution in [3.63, 3.8) is 0 Å². The van der Waals surface area contributed by atoms with E-state index in [2.05, 4.69) is 20.1 Å². The van der Waals surface area contributed by atoms with E-state index >= 15 is 0 Å². The fraction of sp³-hybridized carbons (Fsp3) is 0.667. The zero-order valence-electron chi connectivity index (χ0n) is 17.8. The summed E-state index contributed by atoms with van der Waals surface area (Å²) >= 11 is 0. The maximum Gasteiger partial charge on any atom is 0.410 e. The zero-order chi connectivity index (χ0) is 20.9. The molecule has 29 heavy (non-hydrogen) atoms. The largest absolute Gasteiger partial charge is 0.444 e. The van der Waals surface area contributed by atoms with E-state index in [0.717, 1.165) is 51.4 Å². The summed E-state index contributed by atoms with van der Waals surface area (Å²) in [6.07, 6.45) is 3.78. The number of rotatable bonds is 5. The Bertz CT molecular complexity index is 705. The predicted octanol–water partition coefficient (Wildman–Crippen LogP) is 1.96. The summed E-state index contributed by atoms with van der Waals surface area (Å²) in [4.78, 5) is 35.4. The lowest BCUT2D eigenvalue weighted by atomic mass is 10.2. The van der Waals surface area contributed by atoms with Crippen LogP contribution in [0.2, 0.25) is 0 Å². The van der Waals surface area contributed by atoms with Crippen molar-refractivity contribution in [1.29, 1.82) is 0 Å². The van der Waals surface area contributed by atoms with Gasteiger partial charge in [0.1, 0.15) is 11.4 Å². The molecule has 1 N–H and O–H groups in total. The molecule has 0 unspecified atom stereocenters. The van der Waals surface area contributed by atoms with Gasteiger partial charge in [-0.2, -0.15) is 0 Å². The second-order valence-corrected chi connectivity index (χ2v) is 8.63. The van der Waals surface area contributed by atoms with Crippen LogP contribution in [0.15, 0.2) is 18.3 Å². The van der Waals surface area contributed by atoms with E-state index in [1.165, 1.54) is 0 Å². The standard InChI is InChI=1S/C21H33N5O3/c1-21(2,3)29-20(28)26-15-13-24(14-16-26)12-9-23-19(27)17-7-6-8-22-18(17)25-10-4-5-11-25/h6-8H,4-5,9-16H2,1-3H3,(H,23,27). The number of pyridine rings is 1. The van der Waals surface area contributed by atoms with Gasteiger partial charge in [-0.25, -0.2) is 9.78 Å². The van der Waals surface area contributed by atoms with E-state index in [4.69, 9.17) is 4.74 Å². The normalized spacial score (nSPS) is 18.0. The molecule has 0 aromatic carbocycles. The van der Waals surface area contributed by atoms with Gasteiger partial charge in [-0.15, -0.1) is 0 Å². The third-order valence-electron chi connectivity index (χ3n) is 5.17. The summed E-state index contributed by atoms with van der Waals surface area (Å²) in [5.41, 5.74) is 0.169. The Hall–Kier alpha value is -2.35. The molecule has 3 rings (SSSR count). The third kappa shape index (κ3) is 6.06. The summed E-state index contributed by atoms with van der Waals surface area (Å²) in [6, 6.07) is 3.65. The first-order chi connectivity index (χ1) is 13.8. The molecule has 8 nitrogen and oxygen atoms in total. The number of ether oxygens (including phenoxy) is 1. The van der Waals surface area contributed by atoms with Crippen molar-refractivity contribution >= 4 is 17.8 Å². The van der Waals surface area contributed by atoms with Crippen LogP contribution in [0.5, 0.6) is 0 Å². The summed E-state index contributed by atoms with van der Waals surface area (Å²) < 4.78 is 5.43. The van der Waals surface area contributed by atoms with Gasteiger partial charge >= 0.3 is 6.09 Å². The monoisotopic (exact) mass is 403 g/mol. The molecule has 0 saturated carbocycles. The topological polar surface area (TPSA) is 78.0 Å². The average molecular weight is 404 g/mol. The molecule has 2 saturated heterocycles. The Morgan fingerprint density at radius 1 is 1.10 bits per heavy atom. The number of nitrogens with zero attached hydrogens (tertiary/aromatic N) is 4. The average Bonchev–Trinajstić information content (AvgIpc) is 3.22. The van der Waals surface area contributed by atoms with Crippen molar-refractivity contribution in [1.82, 2.24) is 20.1 Å². The second kappa shape index (κ2) is 9.43. The lowest BCUT2D eigenvalue weighted by Gasteiger charge is -2.35. The smallest absolute Gasteiger partial charge is 0.410 e. The van der Waals surface area contributed by atoms with Crippen molar-refractivity contribution in [3.05, 3.63) is 23.9 Å². The Labute approximate surface area is 173 Å². The Morgan fingerprint density at radius 3 is 2.45 bits per heavy atom. The van der Waals surface area contributed by atoms with Crippen LogP contribution in [0.1, 0.15) is 44.0 Å². The van der Waals surface area contributed by atoms with Crippen molar-refractivity contribution in [2.45, 2.75) is 39.2 Å². The van der Waals surface area contributed by atoms with Crippen LogP contribution in [0.3, 0.4) is 0 Å². The molecule has 2 amide bonds. The van der Waals surface area contributed by atoms with E-state index < -0.39 is 5.60 Å². The Morgan fingerprint density at radius 2 is 1.79 bits per heavy atom. The van der Waals surface area contributed by atoms with E-state index in [0.29, 0.717) is 25.2 Å². The van der Waals surface area contributed by atoms with Crippen LogP contribution in [0.4, 0.5) is 10.6 Å². The molecule has 160 valence electrons. The highest BCUT2D eigenvalue weighted by Crippen LogP contribution is 2.21. The maximum absolute atomic E-state index is 12.7. The number of hydrogen-bond donors (Lipinski definition) is 1. The van der Waals surface area contributed by atoms with Crippen molar-refractivity contribution in [2.75, 3.05) is 57.3 Å². The molecular weight excluding hydrogens is 370 g/mol. The van der Waals surface area contributed by atoms with Gasteiger partial charge in [-0.3, -0.25) is 9.69 Å². The Kier molecular flexibility index (Phi) is 6.95. The van der Waals surface area contributed by atoms with Gasteiger partial charge in [0, 0.05) is 58.6 Å². The molecule has 2 aliphatic heterocycles. The van der Waals surface area contributed by atoms with Gasteiger partial charge in [0.2, 0.25) is 0 Å².